The van der Waals surface area contributed by atoms with Crippen molar-refractivity contribution in [1.29, 1.82) is 0 Å². The Morgan fingerprint density at radius 3 is 1.97 bits per heavy atom. The third-order valence-corrected chi connectivity index (χ3v) is 6.51. The van der Waals surface area contributed by atoms with Crippen molar-refractivity contribution in [2.45, 2.75) is 92.0 Å². The van der Waals surface area contributed by atoms with Crippen molar-refractivity contribution in [2.24, 2.45) is 5.92 Å². The van der Waals surface area contributed by atoms with E-state index in [0.717, 1.165) is 12.0 Å². The number of carbonyl (C=O) groups is 3. The molecule has 0 aliphatic heterocycles. The van der Waals surface area contributed by atoms with Crippen molar-refractivity contribution in [2.75, 3.05) is 12.4 Å². The monoisotopic (exact) mass is 539 g/mol. The fourth-order valence-electron chi connectivity index (χ4n) is 4.16. The Hall–Kier alpha value is -3.55. The number of benzene rings is 2. The number of hydrogen-bond donors (Lipinski definition) is 2. The second-order valence-electron chi connectivity index (χ2n) is 11.1. The molecule has 8 nitrogen and oxygen atoms in total. The molecule has 2 aromatic carbocycles. The number of rotatable bonds is 11. The maximum absolute atomic E-state index is 14.2. The van der Waals surface area contributed by atoms with Crippen molar-refractivity contribution in [3.63, 3.8) is 0 Å². The number of nitrogens with zero attached hydrogens (tertiary/aromatic N) is 1. The van der Waals surface area contributed by atoms with Crippen LogP contribution in [0.2, 0.25) is 0 Å². The molecule has 0 spiro atoms. The van der Waals surface area contributed by atoms with Crippen LogP contribution in [0.5, 0.6) is 5.75 Å². The molecule has 214 valence electrons. The molecule has 0 aliphatic carbocycles. The highest BCUT2D eigenvalue weighted by atomic mass is 16.6. The predicted molar refractivity (Wildman–Crippen MR) is 155 cm³/mol. The second-order valence-corrected chi connectivity index (χ2v) is 11.1. The summed E-state index contributed by atoms with van der Waals surface area (Å²) in [4.78, 5) is 42.4. The van der Waals surface area contributed by atoms with E-state index in [1.54, 1.807) is 57.0 Å². The normalized spacial score (nSPS) is 13.7. The average Bonchev–Trinajstić information content (AvgIpc) is 2.88. The first kappa shape index (κ1) is 31.7. The first-order valence-corrected chi connectivity index (χ1v) is 13.7. The summed E-state index contributed by atoms with van der Waals surface area (Å²) in [6, 6.07) is 12.7. The lowest BCUT2D eigenvalue weighted by atomic mass is 9.96. The lowest BCUT2D eigenvalue weighted by molar-refractivity contribution is -0.144. The molecule has 0 aromatic heterocycles. The lowest BCUT2D eigenvalue weighted by Gasteiger charge is -2.39. The molecule has 8 heteroatoms. The fraction of sp³-hybridized carbons (Fsp3) is 0.516. The number of methoxy groups -OCH3 is 1. The highest BCUT2D eigenvalue weighted by Crippen LogP contribution is 2.29. The Morgan fingerprint density at radius 2 is 1.51 bits per heavy atom. The highest BCUT2D eigenvalue weighted by Gasteiger charge is 2.39. The summed E-state index contributed by atoms with van der Waals surface area (Å²) >= 11 is 0. The van der Waals surface area contributed by atoms with E-state index in [4.69, 9.17) is 9.47 Å². The van der Waals surface area contributed by atoms with Crippen molar-refractivity contribution >= 4 is 23.6 Å². The Labute approximate surface area is 233 Å². The maximum atomic E-state index is 14.2. The minimum atomic E-state index is -0.929. The Morgan fingerprint density at radius 1 is 0.923 bits per heavy atom. The summed E-state index contributed by atoms with van der Waals surface area (Å²) < 4.78 is 10.7. The van der Waals surface area contributed by atoms with E-state index in [1.807, 2.05) is 52.0 Å². The molecule has 2 N–H and O–H groups in total. The van der Waals surface area contributed by atoms with Crippen molar-refractivity contribution in [1.82, 2.24) is 10.2 Å². The van der Waals surface area contributed by atoms with Gasteiger partial charge in [-0.15, -0.1) is 0 Å². The van der Waals surface area contributed by atoms with Crippen molar-refractivity contribution in [3.8, 4) is 5.75 Å². The van der Waals surface area contributed by atoms with Crippen LogP contribution in [0.4, 0.5) is 10.5 Å². The van der Waals surface area contributed by atoms with Gasteiger partial charge in [-0.3, -0.25) is 9.59 Å². The van der Waals surface area contributed by atoms with Gasteiger partial charge in [0.1, 0.15) is 23.4 Å². The minimum Gasteiger partial charge on any atom is -0.497 e. The van der Waals surface area contributed by atoms with Crippen LogP contribution in [0, 0.1) is 5.92 Å². The summed E-state index contributed by atoms with van der Waals surface area (Å²) in [5, 5.41) is 5.73. The Balaban J connectivity index is 2.54. The zero-order valence-corrected chi connectivity index (χ0v) is 24.8. The lowest BCUT2D eigenvalue weighted by Crippen LogP contribution is -2.56. The number of carbonyl (C=O) groups excluding carboxylic acids is 3. The zero-order chi connectivity index (χ0) is 29.3. The molecule has 0 radical (unpaired) electrons. The van der Waals surface area contributed by atoms with Gasteiger partial charge in [-0.25, -0.2) is 4.79 Å². The summed E-state index contributed by atoms with van der Waals surface area (Å²) in [5.74, 6) is -0.272. The molecule has 0 fully saturated rings. The Bertz CT molecular complexity index is 1090. The number of hydrogen-bond acceptors (Lipinski definition) is 5. The third-order valence-electron chi connectivity index (χ3n) is 6.51. The van der Waals surface area contributed by atoms with E-state index in [9.17, 15) is 14.4 Å². The molecule has 0 aliphatic rings. The number of anilines is 1. The molecule has 2 rings (SSSR count). The van der Waals surface area contributed by atoms with Crippen LogP contribution in [-0.4, -0.2) is 47.6 Å². The van der Waals surface area contributed by atoms with Gasteiger partial charge in [-0.05, 0) is 81.8 Å². The number of nitrogens with one attached hydrogen (secondary N) is 2. The summed E-state index contributed by atoms with van der Waals surface area (Å²) in [7, 11) is 1.58. The molecule has 39 heavy (non-hydrogen) atoms. The molecule has 0 saturated heterocycles. The van der Waals surface area contributed by atoms with Gasteiger partial charge in [0.25, 0.3) is 5.91 Å². The molecular weight excluding hydrogens is 494 g/mol. The van der Waals surface area contributed by atoms with Gasteiger partial charge in [-0.1, -0.05) is 52.0 Å². The number of aryl methyl sites for hydroxylation is 1. The van der Waals surface area contributed by atoms with Gasteiger partial charge >= 0.3 is 6.09 Å². The minimum absolute atomic E-state index is 0.246. The van der Waals surface area contributed by atoms with Crippen molar-refractivity contribution in [3.05, 3.63) is 59.7 Å². The zero-order valence-electron chi connectivity index (χ0n) is 24.8. The van der Waals surface area contributed by atoms with Crippen LogP contribution in [-0.2, 0) is 20.7 Å². The largest absolute Gasteiger partial charge is 0.497 e. The van der Waals surface area contributed by atoms with Gasteiger partial charge < -0.3 is 25.0 Å². The number of alkyl carbamates (subject to hydrolysis) is 1. The SMILES string of the molecule is CCc1ccc(C(C(=O)Nc2ccc(OC)cc2)N(C(=O)C(NC(=O)OC(C)(C)C)C(C)C)C(C)CC)cc1. The third kappa shape index (κ3) is 9.01. The van der Waals surface area contributed by atoms with Crippen LogP contribution in [0.25, 0.3) is 0 Å². The van der Waals surface area contributed by atoms with E-state index < -0.39 is 23.8 Å². The smallest absolute Gasteiger partial charge is 0.408 e. The summed E-state index contributed by atoms with van der Waals surface area (Å²) in [6.45, 7) is 15.0. The van der Waals surface area contributed by atoms with Crippen LogP contribution in [0.3, 0.4) is 0 Å². The fourth-order valence-corrected chi connectivity index (χ4v) is 4.16. The number of amides is 3. The Kier molecular flexibility index (Phi) is 11.4. The first-order chi connectivity index (χ1) is 18.3. The van der Waals surface area contributed by atoms with E-state index in [2.05, 4.69) is 17.6 Å². The molecule has 0 heterocycles. The molecule has 3 amide bonds. The van der Waals surface area contributed by atoms with Crippen LogP contribution in [0.15, 0.2) is 48.5 Å². The highest BCUT2D eigenvalue weighted by molar-refractivity contribution is 5.99. The molecule has 3 unspecified atom stereocenters. The summed E-state index contributed by atoms with van der Waals surface area (Å²) in [6.07, 6.45) is 0.791. The predicted octanol–water partition coefficient (Wildman–Crippen LogP) is 6.11. The van der Waals surface area contributed by atoms with Gasteiger partial charge in [0.05, 0.1) is 7.11 Å². The molecule has 3 atom stereocenters. The maximum Gasteiger partial charge on any atom is 0.408 e. The van der Waals surface area contributed by atoms with Gasteiger partial charge in [0, 0.05) is 11.7 Å². The van der Waals surface area contributed by atoms with E-state index in [-0.39, 0.29) is 23.8 Å². The standard InChI is InChI=1S/C31H45N3O5/c1-10-21(5)34(29(36)26(20(3)4)33-30(37)39-31(6,7)8)27(23-14-12-22(11-2)13-15-23)28(35)32-24-16-18-25(38-9)19-17-24/h12-21,26-27H,10-11H2,1-9H3,(H,32,35)(H,33,37). The average molecular weight is 540 g/mol. The van der Waals surface area contributed by atoms with Gasteiger partial charge in [0.2, 0.25) is 5.91 Å². The van der Waals surface area contributed by atoms with Gasteiger partial charge in [-0.2, -0.15) is 0 Å². The van der Waals surface area contributed by atoms with Crippen LogP contribution < -0.4 is 15.4 Å². The van der Waals surface area contributed by atoms with Gasteiger partial charge in [0.15, 0.2) is 0 Å². The topological polar surface area (TPSA) is 97.0 Å². The van der Waals surface area contributed by atoms with Crippen LogP contribution >= 0.6 is 0 Å². The van der Waals surface area contributed by atoms with E-state index in [0.29, 0.717) is 23.4 Å². The molecule has 2 aromatic rings. The molecular formula is C31H45N3O5. The van der Waals surface area contributed by atoms with E-state index in [1.165, 1.54) is 0 Å². The molecule has 0 bridgehead atoms. The van der Waals surface area contributed by atoms with Crippen molar-refractivity contribution < 1.29 is 23.9 Å². The quantitative estimate of drug-likeness (QED) is 0.359. The number of ether oxygens (including phenoxy) is 2. The van der Waals surface area contributed by atoms with E-state index >= 15 is 0 Å². The van der Waals surface area contributed by atoms with Crippen LogP contribution in [0.1, 0.15) is 79.0 Å². The second kappa shape index (κ2) is 14.0. The first-order valence-electron chi connectivity index (χ1n) is 13.7. The molecule has 0 saturated carbocycles. The summed E-state index contributed by atoms with van der Waals surface area (Å²) in [5.41, 5.74) is 1.68.